The first-order valence-electron chi connectivity index (χ1n) is 6.31. The molecule has 1 aromatic rings. The average Bonchev–Trinajstić information content (AvgIpc) is 2.74. The van der Waals surface area contributed by atoms with E-state index in [0.29, 0.717) is 19.5 Å². The van der Waals surface area contributed by atoms with Gasteiger partial charge in [0.05, 0.1) is 12.1 Å². The third-order valence-corrected chi connectivity index (χ3v) is 3.38. The SMILES string of the molecule is Cc1ccc(CNC(=O)[C@@H]2C[C@@H](O)CN2)c(C)c1. The van der Waals surface area contributed by atoms with Crippen LogP contribution in [-0.2, 0) is 11.3 Å². The lowest BCUT2D eigenvalue weighted by atomic mass is 10.1. The van der Waals surface area contributed by atoms with Gasteiger partial charge >= 0.3 is 0 Å². The van der Waals surface area contributed by atoms with Gasteiger partial charge in [-0.2, -0.15) is 0 Å². The molecule has 2 atom stereocenters. The Balaban J connectivity index is 1.89. The largest absolute Gasteiger partial charge is 0.392 e. The molecule has 0 saturated carbocycles. The predicted octanol–water partition coefficient (Wildman–Crippen LogP) is 0.642. The highest BCUT2D eigenvalue weighted by molar-refractivity contribution is 5.82. The summed E-state index contributed by atoms with van der Waals surface area (Å²) in [6.07, 6.45) is 0.0977. The number of carbonyl (C=O) groups excluding carboxylic acids is 1. The van der Waals surface area contributed by atoms with Crippen LogP contribution in [0.3, 0.4) is 0 Å². The second-order valence-corrected chi connectivity index (χ2v) is 5.00. The molecule has 0 aromatic heterocycles. The van der Waals surface area contributed by atoms with Gasteiger partial charge in [0.25, 0.3) is 0 Å². The Morgan fingerprint density at radius 2 is 2.28 bits per heavy atom. The second kappa shape index (κ2) is 5.50. The van der Waals surface area contributed by atoms with Gasteiger partial charge in [-0.15, -0.1) is 0 Å². The third-order valence-electron chi connectivity index (χ3n) is 3.38. The van der Waals surface area contributed by atoms with Crippen molar-refractivity contribution in [3.8, 4) is 0 Å². The number of hydrogen-bond donors (Lipinski definition) is 3. The summed E-state index contributed by atoms with van der Waals surface area (Å²) in [5.41, 5.74) is 3.55. The van der Waals surface area contributed by atoms with E-state index in [1.165, 1.54) is 11.1 Å². The molecule has 0 bridgehead atoms. The van der Waals surface area contributed by atoms with Crippen molar-refractivity contribution in [3.05, 3.63) is 34.9 Å². The first-order chi connectivity index (χ1) is 8.56. The lowest BCUT2D eigenvalue weighted by Gasteiger charge is -2.12. The van der Waals surface area contributed by atoms with E-state index in [-0.39, 0.29) is 11.9 Å². The summed E-state index contributed by atoms with van der Waals surface area (Å²) < 4.78 is 0. The number of aliphatic hydroxyl groups excluding tert-OH is 1. The highest BCUT2D eigenvalue weighted by atomic mass is 16.3. The predicted molar refractivity (Wildman–Crippen MR) is 70.2 cm³/mol. The van der Waals surface area contributed by atoms with Gasteiger partial charge in [-0.1, -0.05) is 23.8 Å². The van der Waals surface area contributed by atoms with Crippen molar-refractivity contribution in [1.29, 1.82) is 0 Å². The molecule has 3 N–H and O–H groups in total. The first kappa shape index (κ1) is 13.1. The number of carbonyl (C=O) groups is 1. The van der Waals surface area contributed by atoms with E-state index < -0.39 is 6.10 Å². The van der Waals surface area contributed by atoms with Crippen LogP contribution in [0.25, 0.3) is 0 Å². The lowest BCUT2D eigenvalue weighted by Crippen LogP contribution is -2.40. The second-order valence-electron chi connectivity index (χ2n) is 5.00. The van der Waals surface area contributed by atoms with E-state index in [0.717, 1.165) is 5.56 Å². The van der Waals surface area contributed by atoms with E-state index in [4.69, 9.17) is 0 Å². The molecule has 0 unspecified atom stereocenters. The lowest BCUT2D eigenvalue weighted by molar-refractivity contribution is -0.123. The van der Waals surface area contributed by atoms with Crippen LogP contribution in [0.1, 0.15) is 23.1 Å². The standard InChI is InChI=1S/C14H20N2O2/c1-9-3-4-11(10(2)5-9)7-16-14(18)13-6-12(17)8-15-13/h3-5,12-13,15,17H,6-8H2,1-2H3,(H,16,18)/t12-,13+/m1/s1. The van der Waals surface area contributed by atoms with Crippen molar-refractivity contribution in [2.75, 3.05) is 6.54 Å². The Labute approximate surface area is 107 Å². The van der Waals surface area contributed by atoms with Gasteiger partial charge in [0, 0.05) is 13.1 Å². The molecule has 1 aliphatic rings. The van der Waals surface area contributed by atoms with E-state index in [9.17, 15) is 9.90 Å². The molecule has 1 heterocycles. The van der Waals surface area contributed by atoms with Crippen LogP contribution >= 0.6 is 0 Å². The number of hydrogen-bond acceptors (Lipinski definition) is 3. The minimum absolute atomic E-state index is 0.0356. The topological polar surface area (TPSA) is 61.4 Å². The highest BCUT2D eigenvalue weighted by Crippen LogP contribution is 2.11. The van der Waals surface area contributed by atoms with Gasteiger partial charge in [0.2, 0.25) is 5.91 Å². The van der Waals surface area contributed by atoms with Crippen LogP contribution in [0.15, 0.2) is 18.2 Å². The van der Waals surface area contributed by atoms with Crippen LogP contribution in [0, 0.1) is 13.8 Å². The summed E-state index contributed by atoms with van der Waals surface area (Å²) in [4.78, 5) is 11.9. The molecule has 1 aromatic carbocycles. The number of β-amino-alcohol motifs (C(OH)–C–C–N with tert-alkyl or cyclic N) is 1. The minimum atomic E-state index is -0.401. The number of aryl methyl sites for hydroxylation is 2. The van der Waals surface area contributed by atoms with Gasteiger partial charge in [-0.25, -0.2) is 0 Å². The minimum Gasteiger partial charge on any atom is -0.392 e. The Morgan fingerprint density at radius 1 is 1.50 bits per heavy atom. The molecule has 2 rings (SSSR count). The van der Waals surface area contributed by atoms with Crippen molar-refractivity contribution in [1.82, 2.24) is 10.6 Å². The summed E-state index contributed by atoms with van der Waals surface area (Å²) in [7, 11) is 0. The summed E-state index contributed by atoms with van der Waals surface area (Å²) in [6, 6.07) is 5.94. The molecule has 4 heteroatoms. The molecule has 18 heavy (non-hydrogen) atoms. The maximum atomic E-state index is 11.9. The molecule has 1 amide bonds. The third kappa shape index (κ3) is 3.09. The summed E-state index contributed by atoms with van der Waals surface area (Å²) in [5, 5.41) is 15.3. The Morgan fingerprint density at radius 3 is 2.89 bits per heavy atom. The van der Waals surface area contributed by atoms with E-state index >= 15 is 0 Å². The zero-order valence-electron chi connectivity index (χ0n) is 10.9. The van der Waals surface area contributed by atoms with Crippen molar-refractivity contribution >= 4 is 5.91 Å². The van der Waals surface area contributed by atoms with E-state index in [2.05, 4.69) is 23.6 Å². The zero-order valence-corrected chi connectivity index (χ0v) is 10.9. The van der Waals surface area contributed by atoms with E-state index in [1.807, 2.05) is 19.1 Å². The van der Waals surface area contributed by atoms with Gasteiger partial charge < -0.3 is 15.7 Å². The quantitative estimate of drug-likeness (QED) is 0.736. The molecular weight excluding hydrogens is 228 g/mol. The van der Waals surface area contributed by atoms with Gasteiger partial charge in [0.1, 0.15) is 0 Å². The number of nitrogens with one attached hydrogen (secondary N) is 2. The van der Waals surface area contributed by atoms with Gasteiger partial charge in [-0.3, -0.25) is 4.79 Å². The normalized spacial score (nSPS) is 23.1. The fraction of sp³-hybridized carbons (Fsp3) is 0.500. The fourth-order valence-electron chi connectivity index (χ4n) is 2.27. The maximum absolute atomic E-state index is 11.9. The molecule has 1 fully saturated rings. The van der Waals surface area contributed by atoms with Crippen LogP contribution in [-0.4, -0.2) is 29.7 Å². The zero-order chi connectivity index (χ0) is 13.1. The number of amides is 1. The fourth-order valence-corrected chi connectivity index (χ4v) is 2.27. The van der Waals surface area contributed by atoms with Gasteiger partial charge in [0.15, 0.2) is 0 Å². The molecule has 0 radical (unpaired) electrons. The number of aliphatic hydroxyl groups is 1. The van der Waals surface area contributed by atoms with Crippen molar-refractivity contribution in [2.24, 2.45) is 0 Å². The average molecular weight is 248 g/mol. The van der Waals surface area contributed by atoms with Crippen LogP contribution in [0.4, 0.5) is 0 Å². The van der Waals surface area contributed by atoms with Crippen molar-refractivity contribution < 1.29 is 9.90 Å². The molecular formula is C14H20N2O2. The highest BCUT2D eigenvalue weighted by Gasteiger charge is 2.27. The molecule has 1 aliphatic heterocycles. The molecule has 4 nitrogen and oxygen atoms in total. The molecule has 1 saturated heterocycles. The number of rotatable bonds is 3. The molecule has 98 valence electrons. The smallest absolute Gasteiger partial charge is 0.237 e. The Kier molecular flexibility index (Phi) is 3.99. The molecule has 0 spiro atoms. The number of benzene rings is 1. The summed E-state index contributed by atoms with van der Waals surface area (Å²) in [5.74, 6) is -0.0356. The maximum Gasteiger partial charge on any atom is 0.237 e. The first-order valence-corrected chi connectivity index (χ1v) is 6.31. The van der Waals surface area contributed by atoms with Crippen LogP contribution < -0.4 is 10.6 Å². The molecule has 0 aliphatic carbocycles. The Bertz CT molecular complexity index is 445. The summed E-state index contributed by atoms with van der Waals surface area (Å²) >= 11 is 0. The van der Waals surface area contributed by atoms with Crippen molar-refractivity contribution in [2.45, 2.75) is 39.0 Å². The monoisotopic (exact) mass is 248 g/mol. The van der Waals surface area contributed by atoms with E-state index in [1.54, 1.807) is 0 Å². The summed E-state index contributed by atoms with van der Waals surface area (Å²) in [6.45, 7) is 5.14. The Hall–Kier alpha value is -1.39. The van der Waals surface area contributed by atoms with Crippen molar-refractivity contribution in [3.63, 3.8) is 0 Å². The van der Waals surface area contributed by atoms with Crippen LogP contribution in [0.2, 0.25) is 0 Å². The van der Waals surface area contributed by atoms with Crippen LogP contribution in [0.5, 0.6) is 0 Å². The van der Waals surface area contributed by atoms with Gasteiger partial charge in [-0.05, 0) is 31.4 Å².